The second-order valence-corrected chi connectivity index (χ2v) is 10.7. The van der Waals surface area contributed by atoms with Gasteiger partial charge in [0, 0.05) is 5.25 Å². The van der Waals surface area contributed by atoms with Gasteiger partial charge >= 0.3 is 7.82 Å². The summed E-state index contributed by atoms with van der Waals surface area (Å²) < 4.78 is 15.7. The fourth-order valence-electron chi connectivity index (χ4n) is 3.89. The Hall–Kier alpha value is 0.460. The summed E-state index contributed by atoms with van der Waals surface area (Å²) in [5.41, 5.74) is 0. The van der Waals surface area contributed by atoms with Crippen LogP contribution in [-0.4, -0.2) is 26.9 Å². The molecule has 162 valence electrons. The van der Waals surface area contributed by atoms with Gasteiger partial charge in [-0.1, -0.05) is 90.4 Å². The highest BCUT2D eigenvalue weighted by Gasteiger charge is 2.30. The summed E-state index contributed by atoms with van der Waals surface area (Å²) in [5.74, 6) is 1.17. The topological polar surface area (TPSA) is 66.8 Å². The van der Waals surface area contributed by atoms with Crippen LogP contribution in [0.5, 0.6) is 0 Å². The minimum atomic E-state index is -4.31. The standard InChI is InChI=1S/C21H43O4PS/c1-2-3-4-5-6-7-8-9-10-11-12-13-14-15-18-27-21-17-16-20(19-21)25-26(22,23)24/h20-21H,2-19H2,1H3,(H2,22,23,24). The Bertz CT molecular complexity index is 388. The van der Waals surface area contributed by atoms with E-state index in [0.29, 0.717) is 5.25 Å². The summed E-state index contributed by atoms with van der Waals surface area (Å²) >= 11 is 1.97. The number of phosphoric ester groups is 1. The highest BCUT2D eigenvalue weighted by Crippen LogP contribution is 2.43. The van der Waals surface area contributed by atoms with Crippen LogP contribution in [0.3, 0.4) is 0 Å². The minimum absolute atomic E-state index is 0.250. The molecule has 0 aromatic heterocycles. The molecule has 6 heteroatoms. The lowest BCUT2D eigenvalue weighted by molar-refractivity contribution is 0.138. The lowest BCUT2D eigenvalue weighted by Gasteiger charge is -2.12. The summed E-state index contributed by atoms with van der Waals surface area (Å²) in [6, 6.07) is 0. The molecule has 27 heavy (non-hydrogen) atoms. The zero-order valence-electron chi connectivity index (χ0n) is 17.4. The van der Waals surface area contributed by atoms with Gasteiger partial charge in [0.25, 0.3) is 0 Å². The largest absolute Gasteiger partial charge is 0.469 e. The van der Waals surface area contributed by atoms with Crippen molar-refractivity contribution in [3.63, 3.8) is 0 Å². The smallest absolute Gasteiger partial charge is 0.303 e. The predicted molar refractivity (Wildman–Crippen MR) is 117 cm³/mol. The van der Waals surface area contributed by atoms with Crippen molar-refractivity contribution in [2.75, 3.05) is 5.75 Å². The number of thioether (sulfide) groups is 1. The molecule has 4 nitrogen and oxygen atoms in total. The van der Waals surface area contributed by atoms with E-state index >= 15 is 0 Å². The Balaban J connectivity index is 1.78. The van der Waals surface area contributed by atoms with Gasteiger partial charge in [-0.3, -0.25) is 4.52 Å². The highest BCUT2D eigenvalue weighted by molar-refractivity contribution is 7.99. The third-order valence-corrected chi connectivity index (χ3v) is 7.47. The first-order valence-corrected chi connectivity index (χ1v) is 13.9. The van der Waals surface area contributed by atoms with Crippen LogP contribution in [-0.2, 0) is 9.09 Å². The third-order valence-electron chi connectivity index (χ3n) is 5.47. The van der Waals surface area contributed by atoms with Crippen molar-refractivity contribution >= 4 is 19.6 Å². The number of phosphoric acid groups is 1. The summed E-state index contributed by atoms with van der Waals surface area (Å²) in [5, 5.41) is 0.517. The van der Waals surface area contributed by atoms with E-state index in [0.717, 1.165) is 19.3 Å². The van der Waals surface area contributed by atoms with Crippen molar-refractivity contribution in [2.24, 2.45) is 0 Å². The first-order chi connectivity index (χ1) is 13.0. The van der Waals surface area contributed by atoms with Gasteiger partial charge in [0.1, 0.15) is 0 Å². The van der Waals surface area contributed by atoms with Gasteiger partial charge in [-0.05, 0) is 31.4 Å². The van der Waals surface area contributed by atoms with Gasteiger partial charge < -0.3 is 9.79 Å². The van der Waals surface area contributed by atoms with Gasteiger partial charge in [-0.25, -0.2) is 4.57 Å². The lowest BCUT2D eigenvalue weighted by atomic mass is 10.0. The van der Waals surface area contributed by atoms with Crippen LogP contribution in [0.4, 0.5) is 0 Å². The number of rotatable bonds is 18. The molecule has 1 aliphatic carbocycles. The molecule has 0 radical (unpaired) electrons. The summed E-state index contributed by atoms with van der Waals surface area (Å²) in [4.78, 5) is 17.7. The van der Waals surface area contributed by atoms with Gasteiger partial charge in [0.15, 0.2) is 0 Å². The molecule has 0 aliphatic heterocycles. The Labute approximate surface area is 171 Å². The van der Waals surface area contributed by atoms with Gasteiger partial charge in [-0.2, -0.15) is 11.8 Å². The summed E-state index contributed by atoms with van der Waals surface area (Å²) in [7, 11) is -4.31. The first kappa shape index (κ1) is 25.5. The average molecular weight is 423 g/mol. The van der Waals surface area contributed by atoms with Gasteiger partial charge in [0.2, 0.25) is 0 Å². The van der Waals surface area contributed by atoms with Crippen molar-refractivity contribution < 1.29 is 18.9 Å². The third kappa shape index (κ3) is 16.0. The molecular weight excluding hydrogens is 379 g/mol. The van der Waals surface area contributed by atoms with Crippen LogP contribution in [0.2, 0.25) is 0 Å². The molecular formula is C21H43O4PS. The molecule has 0 amide bonds. The fourth-order valence-corrected chi connectivity index (χ4v) is 5.83. The number of unbranched alkanes of at least 4 members (excludes halogenated alkanes) is 13. The van der Waals surface area contributed by atoms with E-state index in [1.54, 1.807) is 0 Å². The first-order valence-electron chi connectivity index (χ1n) is 11.4. The molecule has 1 fully saturated rings. The van der Waals surface area contributed by atoms with Gasteiger partial charge in [-0.15, -0.1) is 0 Å². The van der Waals surface area contributed by atoms with E-state index in [2.05, 4.69) is 6.92 Å². The maximum absolute atomic E-state index is 10.9. The molecule has 2 N–H and O–H groups in total. The maximum Gasteiger partial charge on any atom is 0.469 e. The van der Waals surface area contributed by atoms with Crippen LogP contribution < -0.4 is 0 Å². The molecule has 0 aromatic rings. The van der Waals surface area contributed by atoms with Crippen molar-refractivity contribution in [3.05, 3.63) is 0 Å². The normalized spacial score (nSPS) is 20.4. The molecule has 2 atom stereocenters. The van der Waals surface area contributed by atoms with E-state index in [9.17, 15) is 4.57 Å². The molecule has 0 heterocycles. The lowest BCUT2D eigenvalue weighted by Crippen LogP contribution is -2.07. The van der Waals surface area contributed by atoms with Crippen LogP contribution in [0.25, 0.3) is 0 Å². The zero-order chi connectivity index (χ0) is 19.8. The quantitative estimate of drug-likeness (QED) is 0.180. The molecule has 0 bridgehead atoms. The summed E-state index contributed by atoms with van der Waals surface area (Å²) in [6.07, 6.45) is 21.8. The minimum Gasteiger partial charge on any atom is -0.303 e. The second-order valence-electron chi connectivity index (χ2n) is 8.12. The van der Waals surface area contributed by atoms with Gasteiger partial charge in [0.05, 0.1) is 6.10 Å². The summed E-state index contributed by atoms with van der Waals surface area (Å²) in [6.45, 7) is 2.27. The Kier molecular flexibility index (Phi) is 15.4. The SMILES string of the molecule is CCCCCCCCCCCCCCCCSC1CCC(OP(=O)(O)O)C1. The molecule has 0 saturated heterocycles. The van der Waals surface area contributed by atoms with Crippen LogP contribution in [0.1, 0.15) is 116 Å². The van der Waals surface area contributed by atoms with Crippen molar-refractivity contribution in [1.29, 1.82) is 0 Å². The van der Waals surface area contributed by atoms with E-state index in [1.807, 2.05) is 11.8 Å². The second kappa shape index (κ2) is 16.3. The highest BCUT2D eigenvalue weighted by atomic mass is 32.2. The zero-order valence-corrected chi connectivity index (χ0v) is 19.2. The number of hydrogen-bond acceptors (Lipinski definition) is 3. The molecule has 1 rings (SSSR count). The Morgan fingerprint density at radius 1 is 0.815 bits per heavy atom. The van der Waals surface area contributed by atoms with Crippen molar-refractivity contribution in [2.45, 2.75) is 127 Å². The van der Waals surface area contributed by atoms with E-state index in [-0.39, 0.29) is 6.10 Å². The van der Waals surface area contributed by atoms with E-state index < -0.39 is 7.82 Å². The van der Waals surface area contributed by atoms with E-state index in [1.165, 1.54) is 95.6 Å². The van der Waals surface area contributed by atoms with Crippen LogP contribution >= 0.6 is 19.6 Å². The average Bonchev–Trinajstić information content (AvgIpc) is 3.03. The van der Waals surface area contributed by atoms with Crippen molar-refractivity contribution in [3.8, 4) is 0 Å². The van der Waals surface area contributed by atoms with Crippen molar-refractivity contribution in [1.82, 2.24) is 0 Å². The fraction of sp³-hybridized carbons (Fsp3) is 1.00. The van der Waals surface area contributed by atoms with Crippen LogP contribution in [0.15, 0.2) is 0 Å². The molecule has 0 spiro atoms. The maximum atomic E-state index is 10.9. The predicted octanol–water partition coefficient (Wildman–Crippen LogP) is 7.23. The van der Waals surface area contributed by atoms with E-state index in [4.69, 9.17) is 14.3 Å². The Morgan fingerprint density at radius 2 is 1.30 bits per heavy atom. The molecule has 0 aromatic carbocycles. The molecule has 1 aliphatic rings. The monoisotopic (exact) mass is 422 g/mol. The molecule has 2 unspecified atom stereocenters. The number of hydrogen-bond donors (Lipinski definition) is 2. The molecule has 1 saturated carbocycles. The van der Waals surface area contributed by atoms with Crippen LogP contribution in [0, 0.1) is 0 Å². The Morgan fingerprint density at radius 3 is 1.78 bits per heavy atom.